The number of aryl methyl sites for hydroxylation is 1. The van der Waals surface area contributed by atoms with Crippen molar-refractivity contribution in [1.82, 2.24) is 0 Å². The van der Waals surface area contributed by atoms with E-state index in [2.05, 4.69) is 65.6 Å². The lowest BCUT2D eigenvalue weighted by molar-refractivity contribution is 0.339. The number of fused-ring (bicyclic) bond motifs is 1. The highest BCUT2D eigenvalue weighted by Gasteiger charge is 2.29. The Bertz CT molecular complexity index is 890. The zero-order chi connectivity index (χ0) is 18.6. The van der Waals surface area contributed by atoms with E-state index in [1.54, 1.807) is 7.11 Å². The molecule has 1 aliphatic heterocycles. The predicted molar refractivity (Wildman–Crippen MR) is 110 cm³/mol. The van der Waals surface area contributed by atoms with Gasteiger partial charge >= 0.3 is 0 Å². The maximum absolute atomic E-state index is 5.72. The number of hydrogen-bond acceptors (Lipinski definition) is 3. The van der Waals surface area contributed by atoms with Crippen molar-refractivity contribution < 1.29 is 9.47 Å². The molecular formula is C24H25NO2. The average Bonchev–Trinajstić information content (AvgIpc) is 2.74. The molecule has 0 radical (unpaired) electrons. The normalized spacial score (nSPS) is 15.9. The van der Waals surface area contributed by atoms with E-state index < -0.39 is 0 Å². The second-order valence-corrected chi connectivity index (χ2v) is 6.76. The van der Waals surface area contributed by atoms with Crippen molar-refractivity contribution >= 4 is 11.4 Å². The molecule has 1 unspecified atom stereocenters. The lowest BCUT2D eigenvalue weighted by Gasteiger charge is -2.39. The average molecular weight is 359 g/mol. The van der Waals surface area contributed by atoms with Gasteiger partial charge in [-0.1, -0.05) is 30.3 Å². The predicted octanol–water partition coefficient (Wildman–Crippen LogP) is 5.92. The van der Waals surface area contributed by atoms with Crippen LogP contribution in [0.1, 0.15) is 30.5 Å². The summed E-state index contributed by atoms with van der Waals surface area (Å²) in [5.74, 6) is 1.82. The van der Waals surface area contributed by atoms with Gasteiger partial charge in [-0.25, -0.2) is 0 Å². The Morgan fingerprint density at radius 1 is 0.926 bits per heavy atom. The summed E-state index contributed by atoms with van der Waals surface area (Å²) in [7, 11) is 1.70. The quantitative estimate of drug-likeness (QED) is 0.564. The molecule has 3 aromatic carbocycles. The van der Waals surface area contributed by atoms with Crippen LogP contribution in [0.5, 0.6) is 11.5 Å². The van der Waals surface area contributed by atoms with Crippen LogP contribution in [-0.4, -0.2) is 13.7 Å². The number of hydrogen-bond donors (Lipinski definition) is 0. The fourth-order valence-corrected chi connectivity index (χ4v) is 3.90. The Kier molecular flexibility index (Phi) is 5.01. The molecule has 1 heterocycles. The molecule has 3 aromatic rings. The Morgan fingerprint density at radius 3 is 2.37 bits per heavy atom. The lowest BCUT2D eigenvalue weighted by atomic mass is 9.90. The fourth-order valence-electron chi connectivity index (χ4n) is 3.90. The second kappa shape index (κ2) is 7.75. The molecule has 0 saturated heterocycles. The minimum absolute atomic E-state index is 0.310. The van der Waals surface area contributed by atoms with Gasteiger partial charge in [-0.15, -0.1) is 0 Å². The lowest BCUT2D eigenvalue weighted by Crippen LogP contribution is -2.29. The Balaban J connectivity index is 1.79. The standard InChI is InChI=1S/C24H25NO2/c1-3-27-22-14-16-24-19(17-22)9-15-23(18-7-5-4-6-8-18)25(24)20-10-12-21(26-2)13-11-20/h4-8,10-14,16-17,23H,3,9,15H2,1-2H3. The van der Waals surface area contributed by atoms with Crippen molar-refractivity contribution in [1.29, 1.82) is 0 Å². The Hall–Kier alpha value is -2.94. The van der Waals surface area contributed by atoms with Gasteiger partial charge in [-0.3, -0.25) is 0 Å². The number of methoxy groups -OCH3 is 1. The fraction of sp³-hybridized carbons (Fsp3) is 0.250. The summed E-state index contributed by atoms with van der Waals surface area (Å²) in [5, 5.41) is 0. The van der Waals surface area contributed by atoms with Crippen molar-refractivity contribution in [3.8, 4) is 11.5 Å². The van der Waals surface area contributed by atoms with E-state index in [1.165, 1.54) is 22.5 Å². The number of nitrogens with zero attached hydrogens (tertiary/aromatic N) is 1. The molecule has 0 N–H and O–H groups in total. The third-order valence-corrected chi connectivity index (χ3v) is 5.16. The second-order valence-electron chi connectivity index (χ2n) is 6.76. The van der Waals surface area contributed by atoms with Crippen molar-refractivity contribution in [3.63, 3.8) is 0 Å². The summed E-state index contributed by atoms with van der Waals surface area (Å²) in [6.45, 7) is 2.71. The molecule has 27 heavy (non-hydrogen) atoms. The minimum Gasteiger partial charge on any atom is -0.497 e. The number of rotatable bonds is 5. The summed E-state index contributed by atoms with van der Waals surface area (Å²) in [6.07, 6.45) is 2.11. The van der Waals surface area contributed by atoms with Crippen LogP contribution in [0.4, 0.5) is 11.4 Å². The SMILES string of the molecule is CCOc1ccc2c(c1)CCC(c1ccccc1)N2c1ccc(OC)cc1. The van der Waals surface area contributed by atoms with Crippen LogP contribution in [0.15, 0.2) is 72.8 Å². The van der Waals surface area contributed by atoms with Crippen molar-refractivity contribution in [2.24, 2.45) is 0 Å². The first-order chi connectivity index (χ1) is 13.3. The van der Waals surface area contributed by atoms with Crippen LogP contribution in [0.2, 0.25) is 0 Å². The van der Waals surface area contributed by atoms with Crippen LogP contribution in [0.25, 0.3) is 0 Å². The van der Waals surface area contributed by atoms with Crippen molar-refractivity contribution in [2.45, 2.75) is 25.8 Å². The third-order valence-electron chi connectivity index (χ3n) is 5.16. The van der Waals surface area contributed by atoms with Gasteiger partial charge in [-0.05, 0) is 73.4 Å². The van der Waals surface area contributed by atoms with Crippen LogP contribution in [0, 0.1) is 0 Å². The maximum Gasteiger partial charge on any atom is 0.119 e. The first-order valence-corrected chi connectivity index (χ1v) is 9.54. The van der Waals surface area contributed by atoms with Gasteiger partial charge in [0.05, 0.1) is 19.8 Å². The Labute approximate surface area is 161 Å². The smallest absolute Gasteiger partial charge is 0.119 e. The van der Waals surface area contributed by atoms with Crippen molar-refractivity contribution in [3.05, 3.63) is 83.9 Å². The molecule has 1 aliphatic rings. The van der Waals surface area contributed by atoms with E-state index in [9.17, 15) is 0 Å². The summed E-state index contributed by atoms with van der Waals surface area (Å²) in [6, 6.07) is 25.9. The molecule has 3 nitrogen and oxygen atoms in total. The molecule has 0 aliphatic carbocycles. The highest BCUT2D eigenvalue weighted by molar-refractivity contribution is 5.71. The van der Waals surface area contributed by atoms with Crippen LogP contribution < -0.4 is 14.4 Å². The Morgan fingerprint density at radius 2 is 1.67 bits per heavy atom. The molecule has 0 aromatic heterocycles. The summed E-state index contributed by atoms with van der Waals surface area (Å²) in [5.41, 5.74) is 5.11. The first kappa shape index (κ1) is 17.5. The largest absolute Gasteiger partial charge is 0.497 e. The topological polar surface area (TPSA) is 21.7 Å². The zero-order valence-electron chi connectivity index (χ0n) is 15.9. The summed E-state index contributed by atoms with van der Waals surface area (Å²) in [4.78, 5) is 2.45. The van der Waals surface area contributed by atoms with Crippen LogP contribution in [-0.2, 0) is 6.42 Å². The number of benzene rings is 3. The van der Waals surface area contributed by atoms with Crippen LogP contribution >= 0.6 is 0 Å². The zero-order valence-corrected chi connectivity index (χ0v) is 15.9. The van der Waals surface area contributed by atoms with E-state index in [-0.39, 0.29) is 0 Å². The van der Waals surface area contributed by atoms with E-state index >= 15 is 0 Å². The van der Waals surface area contributed by atoms with E-state index in [4.69, 9.17) is 9.47 Å². The molecular weight excluding hydrogens is 334 g/mol. The van der Waals surface area contributed by atoms with Gasteiger partial charge in [0, 0.05) is 11.4 Å². The van der Waals surface area contributed by atoms with Gasteiger partial charge < -0.3 is 14.4 Å². The molecule has 138 valence electrons. The molecule has 3 heteroatoms. The van der Waals surface area contributed by atoms with Gasteiger partial charge in [0.1, 0.15) is 11.5 Å². The van der Waals surface area contributed by atoms with E-state index in [1.807, 2.05) is 19.1 Å². The number of ether oxygens (including phenoxy) is 2. The van der Waals surface area contributed by atoms with Gasteiger partial charge in [0.15, 0.2) is 0 Å². The molecule has 0 fully saturated rings. The minimum atomic E-state index is 0.310. The maximum atomic E-state index is 5.72. The number of anilines is 2. The van der Waals surface area contributed by atoms with Crippen LogP contribution in [0.3, 0.4) is 0 Å². The van der Waals surface area contributed by atoms with Gasteiger partial charge in [-0.2, -0.15) is 0 Å². The summed E-state index contributed by atoms with van der Waals surface area (Å²) >= 11 is 0. The van der Waals surface area contributed by atoms with E-state index in [0.29, 0.717) is 12.6 Å². The molecule has 4 rings (SSSR count). The molecule has 0 spiro atoms. The van der Waals surface area contributed by atoms with Gasteiger partial charge in [0.2, 0.25) is 0 Å². The summed E-state index contributed by atoms with van der Waals surface area (Å²) < 4.78 is 11.1. The highest BCUT2D eigenvalue weighted by Crippen LogP contribution is 2.44. The molecule has 1 atom stereocenters. The van der Waals surface area contributed by atoms with Crippen molar-refractivity contribution in [2.75, 3.05) is 18.6 Å². The monoisotopic (exact) mass is 359 g/mol. The van der Waals surface area contributed by atoms with E-state index in [0.717, 1.165) is 24.3 Å². The molecule has 0 saturated carbocycles. The first-order valence-electron chi connectivity index (χ1n) is 9.54. The third kappa shape index (κ3) is 3.50. The highest BCUT2D eigenvalue weighted by atomic mass is 16.5. The molecule has 0 bridgehead atoms. The van der Waals surface area contributed by atoms with Gasteiger partial charge in [0.25, 0.3) is 0 Å². The molecule has 0 amide bonds.